The van der Waals surface area contributed by atoms with Crippen molar-refractivity contribution in [2.45, 2.75) is 11.8 Å². The summed E-state index contributed by atoms with van der Waals surface area (Å²) in [4.78, 5) is 27.2. The molecule has 0 radical (unpaired) electrons. The summed E-state index contributed by atoms with van der Waals surface area (Å²) >= 11 is 0. The second kappa shape index (κ2) is 6.92. The molecule has 1 amide bonds. The quantitative estimate of drug-likeness (QED) is 0.497. The Morgan fingerprint density at radius 2 is 2.04 bits per heavy atom. The number of nitriles is 1. The lowest BCUT2D eigenvalue weighted by atomic mass is 10.0. The van der Waals surface area contributed by atoms with Gasteiger partial charge in [0.1, 0.15) is 11.8 Å². The van der Waals surface area contributed by atoms with Gasteiger partial charge in [0.05, 0.1) is 22.8 Å². The molecule has 0 aliphatic rings. The van der Waals surface area contributed by atoms with E-state index in [9.17, 15) is 18.4 Å². The molecule has 0 aliphatic carbocycles. The topological polar surface area (TPSA) is 149 Å². The second-order valence-electron chi connectivity index (χ2n) is 6.35. The van der Waals surface area contributed by atoms with Crippen LogP contribution in [0.3, 0.4) is 0 Å². The molecule has 8 nitrogen and oxygen atoms in total. The average molecular weight is 397 g/mol. The number of aromatic nitrogens is 1. The first-order valence-corrected chi connectivity index (χ1v) is 10.0. The molecule has 28 heavy (non-hydrogen) atoms. The van der Waals surface area contributed by atoms with Gasteiger partial charge in [-0.3, -0.25) is 9.59 Å². The van der Waals surface area contributed by atoms with E-state index in [1.165, 1.54) is 18.4 Å². The van der Waals surface area contributed by atoms with Crippen LogP contribution in [0.1, 0.15) is 21.5 Å². The van der Waals surface area contributed by atoms with E-state index >= 15 is 0 Å². The van der Waals surface area contributed by atoms with Crippen LogP contribution >= 0.6 is 0 Å². The smallest absolute Gasteiger partial charge is 0.263 e. The number of carbonyl (C=O) groups is 1. The SMILES string of the molecule is Cc1cc([S+](C)(=O)O)cc2c(Nc3cccc(C#N)c3)c(C(N)=O)c(=O)[nH]c12. The van der Waals surface area contributed by atoms with Gasteiger partial charge in [0, 0.05) is 23.2 Å². The van der Waals surface area contributed by atoms with E-state index in [1.54, 1.807) is 31.2 Å². The summed E-state index contributed by atoms with van der Waals surface area (Å²) in [6, 6.07) is 11.4. The number of nitrogens with zero attached hydrogens (tertiary/aromatic N) is 1. The summed E-state index contributed by atoms with van der Waals surface area (Å²) in [6.07, 6.45) is 1.18. The van der Waals surface area contributed by atoms with Gasteiger partial charge in [0.25, 0.3) is 11.5 Å². The number of nitrogens with two attached hydrogens (primary N) is 1. The van der Waals surface area contributed by atoms with Crippen LogP contribution in [0.25, 0.3) is 10.9 Å². The van der Waals surface area contributed by atoms with Gasteiger partial charge in [-0.1, -0.05) is 10.3 Å². The lowest BCUT2D eigenvalue weighted by Crippen LogP contribution is -2.25. The third-order valence-electron chi connectivity index (χ3n) is 4.24. The van der Waals surface area contributed by atoms with Crippen molar-refractivity contribution in [1.29, 1.82) is 5.26 Å². The number of anilines is 2. The van der Waals surface area contributed by atoms with Crippen molar-refractivity contribution in [2.24, 2.45) is 5.73 Å². The zero-order chi connectivity index (χ0) is 20.6. The van der Waals surface area contributed by atoms with E-state index in [2.05, 4.69) is 10.3 Å². The fourth-order valence-corrected chi connectivity index (χ4v) is 3.67. The minimum Gasteiger partial charge on any atom is -0.365 e. The van der Waals surface area contributed by atoms with E-state index in [4.69, 9.17) is 11.0 Å². The number of hydrogen-bond acceptors (Lipinski definition) is 5. The van der Waals surface area contributed by atoms with Gasteiger partial charge in [-0.25, -0.2) is 0 Å². The molecule has 0 aliphatic heterocycles. The van der Waals surface area contributed by atoms with Gasteiger partial charge in [-0.05, 0) is 30.7 Å². The van der Waals surface area contributed by atoms with Gasteiger partial charge in [-0.15, -0.1) is 0 Å². The molecule has 1 unspecified atom stereocenters. The highest BCUT2D eigenvalue weighted by Gasteiger charge is 2.26. The number of primary amides is 1. The number of fused-ring (bicyclic) bond motifs is 1. The maximum Gasteiger partial charge on any atom is 0.263 e. The van der Waals surface area contributed by atoms with Gasteiger partial charge in [0.2, 0.25) is 10.2 Å². The highest BCUT2D eigenvalue weighted by atomic mass is 32.3. The minimum absolute atomic E-state index is 0.106. The van der Waals surface area contributed by atoms with Crippen LogP contribution < -0.4 is 16.6 Å². The van der Waals surface area contributed by atoms with Gasteiger partial charge >= 0.3 is 0 Å². The maximum atomic E-state index is 12.5. The summed E-state index contributed by atoms with van der Waals surface area (Å²) in [6.45, 7) is 1.68. The zero-order valence-electron chi connectivity index (χ0n) is 15.1. The lowest BCUT2D eigenvalue weighted by Gasteiger charge is -2.15. The minimum atomic E-state index is -3.29. The Kier molecular flexibility index (Phi) is 4.77. The van der Waals surface area contributed by atoms with Crippen molar-refractivity contribution in [2.75, 3.05) is 11.6 Å². The van der Waals surface area contributed by atoms with Crippen molar-refractivity contribution >= 4 is 38.4 Å². The van der Waals surface area contributed by atoms with Crippen molar-refractivity contribution in [3.63, 3.8) is 0 Å². The molecule has 0 fully saturated rings. The molecule has 0 saturated heterocycles. The first kappa shape index (κ1) is 19.3. The third kappa shape index (κ3) is 3.51. The summed E-state index contributed by atoms with van der Waals surface area (Å²) in [7, 11) is -3.29. The first-order valence-electron chi connectivity index (χ1n) is 8.11. The number of pyridine rings is 1. The number of nitrogens with one attached hydrogen (secondary N) is 2. The monoisotopic (exact) mass is 397 g/mol. The van der Waals surface area contributed by atoms with Crippen molar-refractivity contribution in [3.8, 4) is 6.07 Å². The molecular weight excluding hydrogens is 380 g/mol. The Labute approximate surface area is 161 Å². The fraction of sp³-hybridized carbons (Fsp3) is 0.105. The number of rotatable bonds is 4. The van der Waals surface area contributed by atoms with E-state index in [0.717, 1.165) is 0 Å². The molecule has 5 N–H and O–H groups in total. The highest BCUT2D eigenvalue weighted by molar-refractivity contribution is 7.97. The molecule has 0 spiro atoms. The molecule has 3 aromatic rings. The van der Waals surface area contributed by atoms with Crippen molar-refractivity contribution in [3.05, 3.63) is 63.4 Å². The molecule has 2 aromatic carbocycles. The summed E-state index contributed by atoms with van der Waals surface area (Å²) < 4.78 is 22.1. The van der Waals surface area contributed by atoms with Gasteiger partial charge in [-0.2, -0.15) is 9.81 Å². The van der Waals surface area contributed by atoms with Gasteiger partial charge in [0.15, 0.2) is 4.90 Å². The Morgan fingerprint density at radius 1 is 1.32 bits per heavy atom. The van der Waals surface area contributed by atoms with Crippen LogP contribution in [0.2, 0.25) is 0 Å². The molecule has 1 heterocycles. The van der Waals surface area contributed by atoms with Crippen molar-refractivity contribution in [1.82, 2.24) is 4.98 Å². The fourth-order valence-electron chi connectivity index (χ4n) is 2.94. The molecule has 9 heteroatoms. The molecule has 3 rings (SSSR count). The number of hydrogen-bond donors (Lipinski definition) is 4. The number of benzene rings is 2. The predicted octanol–water partition coefficient (Wildman–Crippen LogP) is 2.51. The van der Waals surface area contributed by atoms with Crippen molar-refractivity contribution < 1.29 is 13.6 Å². The second-order valence-corrected chi connectivity index (χ2v) is 8.43. The maximum absolute atomic E-state index is 12.5. The van der Waals surface area contributed by atoms with Crippen LogP contribution in [0.4, 0.5) is 11.4 Å². The Morgan fingerprint density at radius 3 is 2.64 bits per heavy atom. The third-order valence-corrected chi connectivity index (χ3v) is 5.35. The first-order chi connectivity index (χ1) is 13.1. The van der Waals surface area contributed by atoms with E-state index in [1.807, 2.05) is 6.07 Å². The number of aryl methyl sites for hydroxylation is 1. The van der Waals surface area contributed by atoms with Crippen LogP contribution in [0, 0.1) is 18.3 Å². The number of amides is 1. The van der Waals surface area contributed by atoms with Gasteiger partial charge < -0.3 is 16.0 Å². The molecule has 0 saturated carbocycles. The van der Waals surface area contributed by atoms with E-state index in [-0.39, 0.29) is 16.1 Å². The highest BCUT2D eigenvalue weighted by Crippen LogP contribution is 2.32. The predicted molar refractivity (Wildman–Crippen MR) is 107 cm³/mol. The average Bonchev–Trinajstić information content (AvgIpc) is 2.61. The normalized spacial score (nSPS) is 12.9. The van der Waals surface area contributed by atoms with Crippen LogP contribution in [-0.4, -0.2) is 21.7 Å². The van der Waals surface area contributed by atoms with Crippen LogP contribution in [-0.2, 0) is 14.4 Å². The molecule has 1 atom stereocenters. The Hall–Kier alpha value is -3.48. The number of aromatic amines is 1. The van der Waals surface area contributed by atoms with Crippen LogP contribution in [0.5, 0.6) is 0 Å². The zero-order valence-corrected chi connectivity index (χ0v) is 15.9. The van der Waals surface area contributed by atoms with Crippen LogP contribution in [0.15, 0.2) is 46.1 Å². The number of carbonyl (C=O) groups excluding carboxylic acids is 1. The summed E-state index contributed by atoms with van der Waals surface area (Å²) in [5.41, 5.74) is 6.32. The molecule has 142 valence electrons. The van der Waals surface area contributed by atoms with E-state index in [0.29, 0.717) is 27.7 Å². The Bertz CT molecular complexity index is 1270. The molecule has 1 aromatic heterocycles. The molecule has 0 bridgehead atoms. The number of H-pyrrole nitrogens is 1. The largest absolute Gasteiger partial charge is 0.365 e. The Balaban J connectivity index is 2.39. The summed E-state index contributed by atoms with van der Waals surface area (Å²) in [5.74, 6) is -0.952. The lowest BCUT2D eigenvalue weighted by molar-refractivity contribution is 0.1000. The summed E-state index contributed by atoms with van der Waals surface area (Å²) in [5, 5.41) is 12.4. The molecular formula is C19H17N4O4S+. The standard InChI is InChI=1S/C19H16N4O4S/c1-10-6-13(28(2,26)27)8-14-16(10)23-19(25)15(18(21)24)17(14)22-12-5-3-4-11(7-12)9-20/h3-8H,1-2H3,(H4-,21,22,23,24,25,26,27)/p+1. The van der Waals surface area contributed by atoms with E-state index < -0.39 is 21.7 Å².